The lowest BCUT2D eigenvalue weighted by Gasteiger charge is -2.07. The highest BCUT2D eigenvalue weighted by Crippen LogP contribution is 2.16. The van der Waals surface area contributed by atoms with E-state index in [0.717, 1.165) is 30.6 Å². The number of nitrogens with zero attached hydrogens (tertiary/aromatic N) is 1. The van der Waals surface area contributed by atoms with Crippen molar-refractivity contribution in [3.05, 3.63) is 29.3 Å². The number of nitriles is 1. The predicted molar refractivity (Wildman–Crippen MR) is 62.5 cm³/mol. The van der Waals surface area contributed by atoms with Crippen molar-refractivity contribution >= 4 is 5.69 Å². The summed E-state index contributed by atoms with van der Waals surface area (Å²) in [6, 6.07) is 7.98. The van der Waals surface area contributed by atoms with E-state index in [1.165, 1.54) is 0 Å². The highest BCUT2D eigenvalue weighted by molar-refractivity contribution is 5.58. The molecule has 76 valence electrons. The monoisotopic (exact) mass is 198 g/mol. The number of aryl methyl sites for hydroxylation is 1. The van der Waals surface area contributed by atoms with Crippen molar-refractivity contribution < 1.29 is 0 Å². The van der Waals surface area contributed by atoms with Gasteiger partial charge in [0, 0.05) is 13.0 Å². The molecule has 0 unspecified atom stereocenters. The predicted octanol–water partition coefficient (Wildman–Crippen LogP) is 2.69. The minimum Gasteiger partial charge on any atom is -0.384 e. The maximum absolute atomic E-state index is 8.92. The van der Waals surface area contributed by atoms with Crippen LogP contribution in [0.2, 0.25) is 0 Å². The fourth-order valence-electron chi connectivity index (χ4n) is 1.32. The summed E-state index contributed by atoms with van der Waals surface area (Å²) in [6.07, 6.45) is 6.84. The van der Waals surface area contributed by atoms with Gasteiger partial charge in [-0.15, -0.1) is 12.3 Å². The number of nitrogens with one attached hydrogen (secondary N) is 1. The number of hydrogen-bond donors (Lipinski definition) is 1. The topological polar surface area (TPSA) is 35.8 Å². The lowest BCUT2D eigenvalue weighted by atomic mass is 10.1. The molecule has 2 heteroatoms. The Morgan fingerprint density at radius 2 is 2.27 bits per heavy atom. The Balaban J connectivity index is 2.62. The summed E-state index contributed by atoms with van der Waals surface area (Å²) in [5.41, 5.74) is 2.68. The Morgan fingerprint density at radius 1 is 1.47 bits per heavy atom. The largest absolute Gasteiger partial charge is 0.384 e. The average molecular weight is 198 g/mol. The van der Waals surface area contributed by atoms with Gasteiger partial charge < -0.3 is 5.32 Å². The molecular weight excluding hydrogens is 184 g/mol. The van der Waals surface area contributed by atoms with Gasteiger partial charge in [-0.25, -0.2) is 0 Å². The van der Waals surface area contributed by atoms with Crippen LogP contribution >= 0.6 is 0 Å². The Kier molecular flexibility index (Phi) is 4.26. The van der Waals surface area contributed by atoms with E-state index in [4.69, 9.17) is 11.7 Å². The zero-order chi connectivity index (χ0) is 11.1. The average Bonchev–Trinajstić information content (AvgIpc) is 2.26. The molecule has 2 nitrogen and oxygen atoms in total. The molecule has 1 rings (SSSR count). The lowest BCUT2D eigenvalue weighted by molar-refractivity contribution is 0.907. The van der Waals surface area contributed by atoms with Crippen molar-refractivity contribution in [1.82, 2.24) is 0 Å². The first kappa shape index (κ1) is 11.1. The van der Waals surface area contributed by atoms with E-state index in [-0.39, 0.29) is 0 Å². The molecule has 0 radical (unpaired) electrons. The molecule has 0 aliphatic carbocycles. The summed E-state index contributed by atoms with van der Waals surface area (Å²) in [5.74, 6) is 2.59. The first-order chi connectivity index (χ1) is 7.27. The Hall–Kier alpha value is -1.93. The minimum atomic E-state index is 0.690. The molecule has 0 spiro atoms. The lowest BCUT2D eigenvalue weighted by Crippen LogP contribution is -2.02. The normalized spacial score (nSPS) is 9.00. The van der Waals surface area contributed by atoms with E-state index in [0.29, 0.717) is 5.56 Å². The van der Waals surface area contributed by atoms with Crippen LogP contribution in [-0.4, -0.2) is 6.54 Å². The number of rotatable bonds is 4. The van der Waals surface area contributed by atoms with Crippen LogP contribution in [0.1, 0.15) is 24.0 Å². The van der Waals surface area contributed by atoms with Crippen LogP contribution in [-0.2, 0) is 0 Å². The van der Waals surface area contributed by atoms with Crippen LogP contribution in [0.4, 0.5) is 5.69 Å². The van der Waals surface area contributed by atoms with Gasteiger partial charge in [0.05, 0.1) is 11.3 Å². The van der Waals surface area contributed by atoms with Crippen LogP contribution in [0.25, 0.3) is 0 Å². The molecule has 0 heterocycles. The number of hydrogen-bond acceptors (Lipinski definition) is 2. The fraction of sp³-hybridized carbons (Fsp3) is 0.308. The van der Waals surface area contributed by atoms with Gasteiger partial charge in [0.25, 0.3) is 0 Å². The van der Waals surface area contributed by atoms with Crippen LogP contribution in [0, 0.1) is 30.6 Å². The van der Waals surface area contributed by atoms with E-state index in [2.05, 4.69) is 17.3 Å². The maximum Gasteiger partial charge on any atom is 0.101 e. The van der Waals surface area contributed by atoms with Crippen molar-refractivity contribution in [2.75, 3.05) is 11.9 Å². The molecule has 1 N–H and O–H groups in total. The van der Waals surface area contributed by atoms with Crippen molar-refractivity contribution in [1.29, 1.82) is 5.26 Å². The minimum absolute atomic E-state index is 0.690. The van der Waals surface area contributed by atoms with E-state index in [1.54, 1.807) is 0 Å². The quantitative estimate of drug-likeness (QED) is 0.596. The summed E-state index contributed by atoms with van der Waals surface area (Å²) in [7, 11) is 0. The second-order valence-corrected chi connectivity index (χ2v) is 3.40. The molecule has 0 saturated heterocycles. The zero-order valence-electron chi connectivity index (χ0n) is 8.88. The molecule has 0 atom stereocenters. The standard InChI is InChI=1S/C13H14N2/c1-3-4-5-8-15-13-7-6-11(2)9-12(13)10-14/h1,6-7,9,15H,4-5,8H2,2H3. The highest BCUT2D eigenvalue weighted by atomic mass is 14.9. The molecule has 1 aromatic rings. The number of unbranched alkanes of at least 4 members (excludes halogenated alkanes) is 1. The summed E-state index contributed by atoms with van der Waals surface area (Å²) in [6.45, 7) is 2.78. The van der Waals surface area contributed by atoms with Crippen LogP contribution in [0.5, 0.6) is 0 Å². The summed E-state index contributed by atoms with van der Waals surface area (Å²) in [4.78, 5) is 0. The zero-order valence-corrected chi connectivity index (χ0v) is 8.88. The van der Waals surface area contributed by atoms with Gasteiger partial charge in [-0.05, 0) is 31.0 Å². The Bertz CT molecular complexity index is 408. The summed E-state index contributed by atoms with van der Waals surface area (Å²) in [5, 5.41) is 12.1. The Morgan fingerprint density at radius 3 is 2.93 bits per heavy atom. The molecule has 0 aliphatic heterocycles. The van der Waals surface area contributed by atoms with E-state index >= 15 is 0 Å². The molecule has 0 amide bonds. The first-order valence-electron chi connectivity index (χ1n) is 4.96. The van der Waals surface area contributed by atoms with E-state index in [1.807, 2.05) is 25.1 Å². The van der Waals surface area contributed by atoms with Gasteiger partial charge >= 0.3 is 0 Å². The van der Waals surface area contributed by atoms with Crippen molar-refractivity contribution in [3.63, 3.8) is 0 Å². The van der Waals surface area contributed by atoms with E-state index < -0.39 is 0 Å². The summed E-state index contributed by atoms with van der Waals surface area (Å²) < 4.78 is 0. The SMILES string of the molecule is C#CCCCNc1ccc(C)cc1C#N. The van der Waals surface area contributed by atoms with Gasteiger partial charge in [0.15, 0.2) is 0 Å². The second-order valence-electron chi connectivity index (χ2n) is 3.40. The first-order valence-corrected chi connectivity index (χ1v) is 4.96. The molecule has 0 aromatic heterocycles. The summed E-state index contributed by atoms with van der Waals surface area (Å²) >= 11 is 0. The second kappa shape index (κ2) is 5.73. The molecule has 0 saturated carbocycles. The third kappa shape index (κ3) is 3.37. The molecule has 0 aliphatic rings. The smallest absolute Gasteiger partial charge is 0.101 e. The van der Waals surface area contributed by atoms with Crippen molar-refractivity contribution in [2.45, 2.75) is 19.8 Å². The highest BCUT2D eigenvalue weighted by Gasteiger charge is 2.00. The number of terminal acetylenes is 1. The van der Waals surface area contributed by atoms with Crippen LogP contribution < -0.4 is 5.32 Å². The molecule has 0 bridgehead atoms. The molecule has 15 heavy (non-hydrogen) atoms. The van der Waals surface area contributed by atoms with Crippen LogP contribution in [0.15, 0.2) is 18.2 Å². The van der Waals surface area contributed by atoms with Crippen molar-refractivity contribution in [3.8, 4) is 18.4 Å². The molecular formula is C13H14N2. The Labute approximate surface area is 90.9 Å². The van der Waals surface area contributed by atoms with E-state index in [9.17, 15) is 0 Å². The van der Waals surface area contributed by atoms with Crippen LogP contribution in [0.3, 0.4) is 0 Å². The van der Waals surface area contributed by atoms with Crippen molar-refractivity contribution in [2.24, 2.45) is 0 Å². The van der Waals surface area contributed by atoms with Gasteiger partial charge in [-0.2, -0.15) is 5.26 Å². The van der Waals surface area contributed by atoms with Gasteiger partial charge in [0.1, 0.15) is 6.07 Å². The van der Waals surface area contributed by atoms with Gasteiger partial charge in [-0.3, -0.25) is 0 Å². The van der Waals surface area contributed by atoms with Gasteiger partial charge in [-0.1, -0.05) is 6.07 Å². The number of anilines is 1. The number of benzene rings is 1. The fourth-order valence-corrected chi connectivity index (χ4v) is 1.32. The molecule has 1 aromatic carbocycles. The third-order valence-electron chi connectivity index (χ3n) is 2.11. The molecule has 0 fully saturated rings. The third-order valence-corrected chi connectivity index (χ3v) is 2.11. The van der Waals surface area contributed by atoms with Gasteiger partial charge in [0.2, 0.25) is 0 Å². The maximum atomic E-state index is 8.92.